The molecule has 0 bridgehead atoms. The van der Waals surface area contributed by atoms with Gasteiger partial charge in [-0.15, -0.1) is 11.3 Å². The molecular weight excluding hydrogens is 267 g/mol. The first kappa shape index (κ1) is 13.2. The molecular formula is C13H9FN2O2S. The van der Waals surface area contributed by atoms with Gasteiger partial charge in [0.05, 0.1) is 5.56 Å². The Kier molecular flexibility index (Phi) is 4.23. The Morgan fingerprint density at radius 3 is 3.05 bits per heavy atom. The molecule has 0 radical (unpaired) electrons. The summed E-state index contributed by atoms with van der Waals surface area (Å²) in [4.78, 5) is 15.8. The average molecular weight is 276 g/mol. The predicted molar refractivity (Wildman–Crippen MR) is 70.4 cm³/mol. The van der Waals surface area contributed by atoms with E-state index in [-0.39, 0.29) is 12.2 Å². The van der Waals surface area contributed by atoms with Crippen LogP contribution >= 0.6 is 11.3 Å². The van der Waals surface area contributed by atoms with Gasteiger partial charge in [0.25, 0.3) is 5.91 Å². The molecule has 2 N–H and O–H groups in total. The first-order chi connectivity index (χ1) is 9.20. The molecule has 2 aromatic rings. The van der Waals surface area contributed by atoms with E-state index in [1.54, 1.807) is 11.6 Å². The van der Waals surface area contributed by atoms with Crippen molar-refractivity contribution in [2.24, 2.45) is 0 Å². The van der Waals surface area contributed by atoms with Crippen molar-refractivity contribution in [2.45, 2.75) is 0 Å². The van der Waals surface area contributed by atoms with Crippen LogP contribution in [-0.2, 0) is 0 Å². The van der Waals surface area contributed by atoms with Crippen LogP contribution < -0.4 is 5.32 Å². The van der Waals surface area contributed by atoms with Crippen LogP contribution in [0.2, 0.25) is 0 Å². The molecule has 0 aliphatic carbocycles. The van der Waals surface area contributed by atoms with Gasteiger partial charge in [0.15, 0.2) is 5.13 Å². The minimum absolute atomic E-state index is 0.111. The average Bonchev–Trinajstić information content (AvgIpc) is 2.90. The topological polar surface area (TPSA) is 62.2 Å². The summed E-state index contributed by atoms with van der Waals surface area (Å²) in [5.74, 6) is 3.83. The molecule has 1 amide bonds. The Morgan fingerprint density at radius 1 is 1.53 bits per heavy atom. The molecule has 0 spiro atoms. The van der Waals surface area contributed by atoms with Gasteiger partial charge < -0.3 is 5.11 Å². The molecule has 0 fully saturated rings. The lowest BCUT2D eigenvalue weighted by Gasteiger charge is -2.03. The SMILES string of the molecule is O=C(Nc1nccs1)c1cc(C#CCO)ccc1F. The third-order valence-corrected chi connectivity index (χ3v) is 2.86. The van der Waals surface area contributed by atoms with Gasteiger partial charge in [-0.25, -0.2) is 9.37 Å². The molecule has 4 nitrogen and oxygen atoms in total. The number of amides is 1. The third kappa shape index (κ3) is 3.37. The Hall–Kier alpha value is -2.23. The first-order valence-corrected chi connectivity index (χ1v) is 6.19. The van der Waals surface area contributed by atoms with Crippen molar-refractivity contribution < 1.29 is 14.3 Å². The van der Waals surface area contributed by atoms with Crippen LogP contribution in [0.5, 0.6) is 0 Å². The molecule has 2 rings (SSSR count). The van der Waals surface area contributed by atoms with Crippen LogP contribution in [0.1, 0.15) is 15.9 Å². The maximum atomic E-state index is 13.6. The minimum atomic E-state index is -0.636. The number of thiazole rings is 1. The number of benzene rings is 1. The maximum absolute atomic E-state index is 13.6. The Labute approximate surface area is 112 Å². The third-order valence-electron chi connectivity index (χ3n) is 2.18. The summed E-state index contributed by atoms with van der Waals surface area (Å²) in [7, 11) is 0. The summed E-state index contributed by atoms with van der Waals surface area (Å²) >= 11 is 1.24. The summed E-state index contributed by atoms with van der Waals surface area (Å²) in [5.41, 5.74) is 0.347. The van der Waals surface area contributed by atoms with E-state index < -0.39 is 11.7 Å². The summed E-state index contributed by atoms with van der Waals surface area (Å²) in [6.07, 6.45) is 1.54. The zero-order valence-electron chi connectivity index (χ0n) is 9.68. The summed E-state index contributed by atoms with van der Waals surface area (Å²) in [6.45, 7) is -0.294. The van der Waals surface area contributed by atoms with Gasteiger partial charge in [-0.1, -0.05) is 11.8 Å². The predicted octanol–water partition coefficient (Wildman–Crippen LogP) is 1.88. The smallest absolute Gasteiger partial charge is 0.260 e. The lowest BCUT2D eigenvalue weighted by atomic mass is 10.1. The van der Waals surface area contributed by atoms with Crippen molar-refractivity contribution in [1.82, 2.24) is 4.98 Å². The fourth-order valence-corrected chi connectivity index (χ4v) is 1.89. The van der Waals surface area contributed by atoms with Crippen molar-refractivity contribution in [3.05, 3.63) is 46.7 Å². The molecule has 1 aromatic heterocycles. The molecule has 0 unspecified atom stereocenters. The molecule has 0 aliphatic rings. The molecule has 96 valence electrons. The van der Waals surface area contributed by atoms with Crippen molar-refractivity contribution in [1.29, 1.82) is 0 Å². The number of carbonyl (C=O) groups is 1. The molecule has 0 aliphatic heterocycles. The van der Waals surface area contributed by atoms with Gasteiger partial charge in [-0.2, -0.15) is 0 Å². The Morgan fingerprint density at radius 2 is 2.37 bits per heavy atom. The van der Waals surface area contributed by atoms with Crippen LogP contribution in [0.3, 0.4) is 0 Å². The quantitative estimate of drug-likeness (QED) is 0.823. The highest BCUT2D eigenvalue weighted by Crippen LogP contribution is 2.15. The van der Waals surface area contributed by atoms with Crippen molar-refractivity contribution in [2.75, 3.05) is 11.9 Å². The van der Waals surface area contributed by atoms with Crippen molar-refractivity contribution in [3.8, 4) is 11.8 Å². The Bertz CT molecular complexity index is 644. The number of aliphatic hydroxyl groups is 1. The maximum Gasteiger partial charge on any atom is 0.260 e. The zero-order chi connectivity index (χ0) is 13.7. The van der Waals surface area contributed by atoms with Gasteiger partial charge in [0.1, 0.15) is 12.4 Å². The lowest BCUT2D eigenvalue weighted by Crippen LogP contribution is -2.13. The fraction of sp³-hybridized carbons (Fsp3) is 0.0769. The number of anilines is 1. The van der Waals surface area contributed by atoms with E-state index in [2.05, 4.69) is 22.1 Å². The van der Waals surface area contributed by atoms with E-state index >= 15 is 0 Å². The minimum Gasteiger partial charge on any atom is -0.384 e. The van der Waals surface area contributed by atoms with Crippen LogP contribution in [0.4, 0.5) is 9.52 Å². The van der Waals surface area contributed by atoms with Gasteiger partial charge in [-0.3, -0.25) is 10.1 Å². The standard InChI is InChI=1S/C13H9FN2O2S/c14-11-4-3-9(2-1-6-17)8-10(11)12(18)16-13-15-5-7-19-13/h3-5,7-8,17H,6H2,(H,15,16,18). The van der Waals surface area contributed by atoms with E-state index in [9.17, 15) is 9.18 Å². The molecule has 19 heavy (non-hydrogen) atoms. The summed E-state index contributed by atoms with van der Waals surface area (Å²) < 4.78 is 13.6. The number of halogens is 1. The van der Waals surface area contributed by atoms with Crippen molar-refractivity contribution in [3.63, 3.8) is 0 Å². The molecule has 0 atom stereocenters. The van der Waals surface area contributed by atoms with E-state index in [4.69, 9.17) is 5.11 Å². The lowest BCUT2D eigenvalue weighted by molar-refractivity contribution is 0.102. The highest BCUT2D eigenvalue weighted by molar-refractivity contribution is 7.13. The molecule has 1 heterocycles. The van der Waals surface area contributed by atoms with Gasteiger partial charge >= 0.3 is 0 Å². The van der Waals surface area contributed by atoms with Crippen molar-refractivity contribution >= 4 is 22.4 Å². The number of nitrogens with zero attached hydrogens (tertiary/aromatic N) is 1. The van der Waals surface area contributed by atoms with Crippen LogP contribution in [0.15, 0.2) is 29.8 Å². The number of aliphatic hydroxyl groups excluding tert-OH is 1. The van der Waals surface area contributed by atoms with Gasteiger partial charge in [0, 0.05) is 17.1 Å². The van der Waals surface area contributed by atoms with E-state index in [0.29, 0.717) is 10.7 Å². The second-order valence-electron chi connectivity index (χ2n) is 3.45. The van der Waals surface area contributed by atoms with Gasteiger partial charge in [0.2, 0.25) is 0 Å². The Balaban J connectivity index is 2.25. The fourth-order valence-electron chi connectivity index (χ4n) is 1.37. The van der Waals surface area contributed by atoms with E-state index in [0.717, 1.165) is 6.07 Å². The zero-order valence-corrected chi connectivity index (χ0v) is 10.5. The monoisotopic (exact) mass is 276 g/mol. The largest absolute Gasteiger partial charge is 0.384 e. The van der Waals surface area contributed by atoms with E-state index in [1.165, 1.54) is 23.5 Å². The van der Waals surface area contributed by atoms with Crippen LogP contribution in [0, 0.1) is 17.7 Å². The highest BCUT2D eigenvalue weighted by atomic mass is 32.1. The number of hydrogen-bond acceptors (Lipinski definition) is 4. The second kappa shape index (κ2) is 6.09. The molecule has 0 saturated carbocycles. The van der Waals surface area contributed by atoms with Crippen LogP contribution in [-0.4, -0.2) is 22.6 Å². The second-order valence-corrected chi connectivity index (χ2v) is 4.34. The van der Waals surface area contributed by atoms with E-state index in [1.807, 2.05) is 0 Å². The number of aromatic nitrogens is 1. The molecule has 1 aromatic carbocycles. The number of rotatable bonds is 2. The summed E-state index contributed by atoms with van der Waals surface area (Å²) in [6, 6.07) is 3.94. The molecule has 0 saturated heterocycles. The van der Waals surface area contributed by atoms with Gasteiger partial charge in [-0.05, 0) is 18.2 Å². The number of carbonyl (C=O) groups excluding carboxylic acids is 1. The number of nitrogens with one attached hydrogen (secondary N) is 1. The molecule has 6 heteroatoms. The number of hydrogen-bond donors (Lipinski definition) is 2. The van der Waals surface area contributed by atoms with Crippen LogP contribution in [0.25, 0.3) is 0 Å². The first-order valence-electron chi connectivity index (χ1n) is 5.31. The summed E-state index contributed by atoms with van der Waals surface area (Å²) in [5, 5.41) is 13.2. The normalized spacial score (nSPS) is 9.58. The highest BCUT2D eigenvalue weighted by Gasteiger charge is 2.13.